The number of benzene rings is 2. The van der Waals surface area contributed by atoms with E-state index in [2.05, 4.69) is 21.4 Å². The molecule has 0 saturated heterocycles. The molecule has 5 N–H and O–H groups in total. The Bertz CT molecular complexity index is 1070. The van der Waals surface area contributed by atoms with Crippen molar-refractivity contribution in [3.05, 3.63) is 88.7 Å². The normalized spacial score (nSPS) is 16.7. The van der Waals surface area contributed by atoms with Crippen LogP contribution in [0.4, 0.5) is 5.69 Å². The molecule has 4 rings (SSSR count). The van der Waals surface area contributed by atoms with E-state index in [4.69, 9.17) is 11.1 Å². The van der Waals surface area contributed by atoms with Gasteiger partial charge in [-0.1, -0.05) is 30.3 Å². The summed E-state index contributed by atoms with van der Waals surface area (Å²) >= 11 is 0. The maximum absolute atomic E-state index is 9.24. The van der Waals surface area contributed by atoms with Crippen LogP contribution >= 0.6 is 0 Å². The first-order valence-electron chi connectivity index (χ1n) is 8.13. The first-order chi connectivity index (χ1) is 12.7. The summed E-state index contributed by atoms with van der Waals surface area (Å²) < 4.78 is 0. The van der Waals surface area contributed by atoms with Crippen LogP contribution in [-0.2, 0) is 0 Å². The Balaban J connectivity index is 1.96. The standard InChI is InChI=1S/C20H16N6/c21-11-12-4-3-5-13(10-12)17-15-8-9-24-18(15)19(26-20(22)23)14-6-1-2-7-16(14)25-17/h1-10,17,24-25H,(H3,22,23)/b26-19-. The van der Waals surface area contributed by atoms with Gasteiger partial charge in [-0.05, 0) is 29.8 Å². The number of nitriles is 1. The zero-order valence-corrected chi connectivity index (χ0v) is 13.8. The number of aliphatic imine (C=N–C) groups is 1. The summed E-state index contributed by atoms with van der Waals surface area (Å²) in [6.45, 7) is 0. The predicted molar refractivity (Wildman–Crippen MR) is 101 cm³/mol. The highest BCUT2D eigenvalue weighted by atomic mass is 15.0. The van der Waals surface area contributed by atoms with Crippen LogP contribution in [-0.4, -0.2) is 16.7 Å². The molecule has 6 nitrogen and oxygen atoms in total. The van der Waals surface area contributed by atoms with E-state index in [1.165, 1.54) is 0 Å². The summed E-state index contributed by atoms with van der Waals surface area (Å²) in [4.78, 5) is 7.50. The predicted octanol–water partition coefficient (Wildman–Crippen LogP) is 3.13. The van der Waals surface area contributed by atoms with Gasteiger partial charge in [-0.3, -0.25) is 5.41 Å². The summed E-state index contributed by atoms with van der Waals surface area (Å²) in [6.07, 6.45) is 1.84. The zero-order valence-electron chi connectivity index (χ0n) is 13.8. The van der Waals surface area contributed by atoms with Gasteiger partial charge >= 0.3 is 0 Å². The van der Waals surface area contributed by atoms with E-state index in [0.29, 0.717) is 11.3 Å². The Labute approximate surface area is 150 Å². The van der Waals surface area contributed by atoms with Crippen molar-refractivity contribution in [2.45, 2.75) is 6.04 Å². The highest BCUT2D eigenvalue weighted by Crippen LogP contribution is 2.35. The van der Waals surface area contributed by atoms with E-state index < -0.39 is 0 Å². The van der Waals surface area contributed by atoms with Gasteiger partial charge in [0.1, 0.15) is 5.71 Å². The van der Waals surface area contributed by atoms with Crippen LogP contribution in [0.1, 0.15) is 34.0 Å². The van der Waals surface area contributed by atoms with Gasteiger partial charge in [-0.25, -0.2) is 4.99 Å². The Hall–Kier alpha value is -3.85. The number of aromatic nitrogens is 1. The number of hydrogen-bond acceptors (Lipinski definition) is 3. The molecule has 1 unspecified atom stereocenters. The lowest BCUT2D eigenvalue weighted by atomic mass is 9.96. The molecule has 26 heavy (non-hydrogen) atoms. The lowest BCUT2D eigenvalue weighted by Gasteiger charge is -2.19. The first-order valence-corrected chi connectivity index (χ1v) is 8.13. The lowest BCUT2D eigenvalue weighted by molar-refractivity contribution is 0.942. The molecule has 0 bridgehead atoms. The highest BCUT2D eigenvalue weighted by Gasteiger charge is 2.28. The molecule has 1 aliphatic rings. The molecule has 126 valence electrons. The van der Waals surface area contributed by atoms with Crippen LogP contribution < -0.4 is 11.1 Å². The van der Waals surface area contributed by atoms with Crippen molar-refractivity contribution in [1.82, 2.24) is 4.98 Å². The number of nitrogens with one attached hydrogen (secondary N) is 3. The number of aromatic amines is 1. The summed E-state index contributed by atoms with van der Waals surface area (Å²) in [6, 6.07) is 19.3. The average Bonchev–Trinajstić information content (AvgIpc) is 3.09. The molecule has 0 radical (unpaired) electrons. The molecule has 1 aromatic heterocycles. The average molecular weight is 340 g/mol. The first kappa shape index (κ1) is 15.7. The second-order valence-electron chi connectivity index (χ2n) is 6.01. The van der Waals surface area contributed by atoms with E-state index in [-0.39, 0.29) is 12.0 Å². The molecule has 0 amide bonds. The lowest BCUT2D eigenvalue weighted by Crippen LogP contribution is -2.14. The van der Waals surface area contributed by atoms with Crippen LogP contribution in [0.15, 0.2) is 65.8 Å². The van der Waals surface area contributed by atoms with Crippen molar-refractivity contribution >= 4 is 17.4 Å². The van der Waals surface area contributed by atoms with Crippen LogP contribution in [0.3, 0.4) is 0 Å². The quantitative estimate of drug-likeness (QED) is 0.403. The van der Waals surface area contributed by atoms with Crippen LogP contribution in [0, 0.1) is 16.7 Å². The summed E-state index contributed by atoms with van der Waals surface area (Å²) in [5, 5.41) is 20.4. The molecular formula is C20H16N6. The fraction of sp³-hybridized carbons (Fsp3) is 0.0500. The molecule has 6 heteroatoms. The maximum Gasteiger partial charge on any atom is 0.213 e. The second kappa shape index (κ2) is 6.22. The van der Waals surface area contributed by atoms with Gasteiger partial charge < -0.3 is 16.0 Å². The Kier molecular flexibility index (Phi) is 3.75. The molecular weight excluding hydrogens is 324 g/mol. The Morgan fingerprint density at radius 3 is 2.81 bits per heavy atom. The van der Waals surface area contributed by atoms with Gasteiger partial charge in [-0.2, -0.15) is 5.26 Å². The van der Waals surface area contributed by atoms with E-state index in [1.807, 2.05) is 54.7 Å². The molecule has 0 fully saturated rings. The summed E-state index contributed by atoms with van der Waals surface area (Å²) in [7, 11) is 0. The zero-order chi connectivity index (χ0) is 18.1. The second-order valence-corrected chi connectivity index (χ2v) is 6.01. The molecule has 3 aromatic rings. The van der Waals surface area contributed by atoms with Gasteiger partial charge in [0.25, 0.3) is 0 Å². The number of para-hydroxylation sites is 1. The molecule has 1 aliphatic heterocycles. The minimum absolute atomic E-state index is 0.162. The number of anilines is 1. The Morgan fingerprint density at radius 1 is 1.15 bits per heavy atom. The number of nitrogens with two attached hydrogens (primary N) is 1. The monoisotopic (exact) mass is 340 g/mol. The highest BCUT2D eigenvalue weighted by molar-refractivity contribution is 6.19. The van der Waals surface area contributed by atoms with Crippen molar-refractivity contribution in [2.75, 3.05) is 5.32 Å². The van der Waals surface area contributed by atoms with Crippen molar-refractivity contribution in [1.29, 1.82) is 10.7 Å². The van der Waals surface area contributed by atoms with Crippen LogP contribution in [0.25, 0.3) is 0 Å². The molecule has 1 atom stereocenters. The molecule has 2 heterocycles. The fourth-order valence-corrected chi connectivity index (χ4v) is 3.30. The van der Waals surface area contributed by atoms with Crippen LogP contribution in [0.5, 0.6) is 0 Å². The van der Waals surface area contributed by atoms with Crippen molar-refractivity contribution in [3.63, 3.8) is 0 Å². The third kappa shape index (κ3) is 2.62. The maximum atomic E-state index is 9.24. The van der Waals surface area contributed by atoms with Gasteiger partial charge in [0.15, 0.2) is 0 Å². The third-order valence-corrected chi connectivity index (χ3v) is 4.39. The van der Waals surface area contributed by atoms with Crippen molar-refractivity contribution in [2.24, 2.45) is 10.7 Å². The van der Waals surface area contributed by atoms with E-state index in [1.54, 1.807) is 6.07 Å². The van der Waals surface area contributed by atoms with Gasteiger partial charge in [0.05, 0.1) is 23.4 Å². The van der Waals surface area contributed by atoms with E-state index in [9.17, 15) is 5.26 Å². The molecule has 0 spiro atoms. The molecule has 0 saturated carbocycles. The number of hydrogen-bond donors (Lipinski definition) is 4. The number of fused-ring (bicyclic) bond motifs is 2. The van der Waals surface area contributed by atoms with Gasteiger partial charge in [-0.15, -0.1) is 0 Å². The number of nitrogens with zero attached hydrogens (tertiary/aromatic N) is 2. The van der Waals surface area contributed by atoms with Crippen molar-refractivity contribution in [3.8, 4) is 6.07 Å². The van der Waals surface area contributed by atoms with Crippen LogP contribution in [0.2, 0.25) is 0 Å². The number of rotatable bonds is 1. The largest absolute Gasteiger partial charge is 0.374 e. The minimum Gasteiger partial charge on any atom is -0.374 e. The van der Waals surface area contributed by atoms with Gasteiger partial charge in [0, 0.05) is 23.0 Å². The van der Waals surface area contributed by atoms with E-state index in [0.717, 1.165) is 28.1 Å². The van der Waals surface area contributed by atoms with E-state index >= 15 is 0 Å². The molecule has 2 aromatic carbocycles. The topological polar surface area (TPSA) is 114 Å². The Morgan fingerprint density at radius 2 is 2.00 bits per heavy atom. The van der Waals surface area contributed by atoms with Crippen molar-refractivity contribution < 1.29 is 0 Å². The smallest absolute Gasteiger partial charge is 0.213 e. The third-order valence-electron chi connectivity index (χ3n) is 4.39. The number of guanidine groups is 1. The minimum atomic E-state index is -0.250. The SMILES string of the molecule is N#Cc1cccc(C2Nc3ccccc3/C(=N/C(=N)N)c3[nH]ccc32)c1. The van der Waals surface area contributed by atoms with Gasteiger partial charge in [0.2, 0.25) is 5.96 Å². The fourth-order valence-electron chi connectivity index (χ4n) is 3.30. The summed E-state index contributed by atoms with van der Waals surface area (Å²) in [5.41, 5.74) is 11.3. The summed E-state index contributed by atoms with van der Waals surface area (Å²) in [5.74, 6) is -0.250. The molecule has 0 aliphatic carbocycles. The number of H-pyrrole nitrogens is 1.